The first-order valence-electron chi connectivity index (χ1n) is 5.99. The minimum atomic E-state index is 0. The number of aromatic nitrogens is 3. The highest BCUT2D eigenvalue weighted by Gasteiger charge is 2.08. The highest BCUT2D eigenvalue weighted by Crippen LogP contribution is 2.19. The smallest absolute Gasteiger partial charge is 0.210 e. The molecule has 0 atom stereocenters. The van der Waals surface area contributed by atoms with E-state index in [0.29, 0.717) is 0 Å². The standard InChI is InChI=1S/C14H13N4S.HI/c1-3-7-12(8-4-1)15-14-17-16-13(19-14)11-18-9-5-2-6-10-18;/h1-10H,11H2,(H,15,17);1H/q+1;/p-1. The lowest BCUT2D eigenvalue weighted by atomic mass is 10.3. The van der Waals surface area contributed by atoms with Crippen LogP contribution in [0.5, 0.6) is 0 Å². The van der Waals surface area contributed by atoms with E-state index in [1.165, 1.54) is 0 Å². The number of rotatable bonds is 4. The van der Waals surface area contributed by atoms with Gasteiger partial charge in [-0.2, -0.15) is 4.57 Å². The molecule has 20 heavy (non-hydrogen) atoms. The van der Waals surface area contributed by atoms with Crippen LogP contribution in [-0.2, 0) is 6.54 Å². The van der Waals surface area contributed by atoms with Crippen molar-refractivity contribution in [2.24, 2.45) is 0 Å². The molecular formula is C14H13IN4S. The van der Waals surface area contributed by atoms with Crippen molar-refractivity contribution in [3.8, 4) is 0 Å². The van der Waals surface area contributed by atoms with E-state index in [1.807, 2.05) is 60.9 Å². The van der Waals surface area contributed by atoms with Gasteiger partial charge in [-0.3, -0.25) is 0 Å². The third-order valence-corrected chi connectivity index (χ3v) is 3.41. The fourth-order valence-corrected chi connectivity index (χ4v) is 2.48. The van der Waals surface area contributed by atoms with Crippen LogP contribution in [0.2, 0.25) is 0 Å². The van der Waals surface area contributed by atoms with Crippen LogP contribution < -0.4 is 33.9 Å². The van der Waals surface area contributed by atoms with Crippen molar-refractivity contribution in [3.05, 3.63) is 65.9 Å². The van der Waals surface area contributed by atoms with Gasteiger partial charge in [0.15, 0.2) is 17.4 Å². The van der Waals surface area contributed by atoms with Gasteiger partial charge in [-0.1, -0.05) is 35.6 Å². The fourth-order valence-electron chi connectivity index (χ4n) is 1.71. The van der Waals surface area contributed by atoms with Gasteiger partial charge >= 0.3 is 0 Å². The third-order valence-electron chi connectivity index (χ3n) is 2.59. The molecule has 0 radical (unpaired) electrons. The molecule has 0 unspecified atom stereocenters. The molecule has 102 valence electrons. The summed E-state index contributed by atoms with van der Waals surface area (Å²) >= 11 is 1.57. The first-order chi connectivity index (χ1) is 9.40. The molecule has 1 aromatic carbocycles. The van der Waals surface area contributed by atoms with E-state index in [4.69, 9.17) is 0 Å². The van der Waals surface area contributed by atoms with Crippen molar-refractivity contribution in [2.45, 2.75) is 6.54 Å². The van der Waals surface area contributed by atoms with Gasteiger partial charge < -0.3 is 29.3 Å². The van der Waals surface area contributed by atoms with Crippen LogP contribution in [0.25, 0.3) is 0 Å². The van der Waals surface area contributed by atoms with E-state index < -0.39 is 0 Å². The molecule has 3 rings (SSSR count). The molecule has 4 nitrogen and oxygen atoms in total. The number of para-hydroxylation sites is 1. The Morgan fingerprint density at radius 1 is 0.950 bits per heavy atom. The van der Waals surface area contributed by atoms with E-state index in [9.17, 15) is 0 Å². The number of hydrogen-bond donors (Lipinski definition) is 1. The van der Waals surface area contributed by atoms with Crippen molar-refractivity contribution in [2.75, 3.05) is 5.32 Å². The maximum Gasteiger partial charge on any atom is 0.210 e. The third kappa shape index (κ3) is 3.97. The van der Waals surface area contributed by atoms with Crippen LogP contribution in [0, 0.1) is 0 Å². The molecule has 1 N–H and O–H groups in total. The van der Waals surface area contributed by atoms with Gasteiger partial charge in [0.1, 0.15) is 0 Å². The molecule has 0 fully saturated rings. The van der Waals surface area contributed by atoms with Crippen LogP contribution >= 0.6 is 11.3 Å². The van der Waals surface area contributed by atoms with Crippen molar-refractivity contribution < 1.29 is 28.5 Å². The minimum Gasteiger partial charge on any atom is -1.00 e. The van der Waals surface area contributed by atoms with Gasteiger partial charge in [-0.15, -0.1) is 10.2 Å². The summed E-state index contributed by atoms with van der Waals surface area (Å²) in [6, 6.07) is 16.0. The summed E-state index contributed by atoms with van der Waals surface area (Å²) in [5.41, 5.74) is 1.03. The van der Waals surface area contributed by atoms with Crippen molar-refractivity contribution >= 4 is 22.2 Å². The molecule has 0 saturated heterocycles. The summed E-state index contributed by atoms with van der Waals surface area (Å²) in [6.45, 7) is 0.745. The zero-order valence-corrected chi connectivity index (χ0v) is 13.6. The summed E-state index contributed by atoms with van der Waals surface area (Å²) in [4.78, 5) is 0. The Morgan fingerprint density at radius 2 is 1.65 bits per heavy atom. The number of nitrogens with zero attached hydrogens (tertiary/aromatic N) is 3. The Kier molecular flexibility index (Phi) is 5.42. The van der Waals surface area contributed by atoms with E-state index in [0.717, 1.165) is 22.4 Å². The zero-order chi connectivity index (χ0) is 12.9. The molecule has 0 aliphatic carbocycles. The molecule has 2 heterocycles. The van der Waals surface area contributed by atoms with Crippen LogP contribution in [-0.4, -0.2) is 10.2 Å². The molecule has 0 spiro atoms. The van der Waals surface area contributed by atoms with Crippen LogP contribution in [0.15, 0.2) is 60.9 Å². The monoisotopic (exact) mass is 396 g/mol. The number of halogens is 1. The fraction of sp³-hybridized carbons (Fsp3) is 0.0714. The van der Waals surface area contributed by atoms with Crippen LogP contribution in [0.1, 0.15) is 5.01 Å². The Hall–Kier alpha value is -1.54. The number of benzene rings is 1. The van der Waals surface area contributed by atoms with Gasteiger partial charge in [0.05, 0.1) is 0 Å². The van der Waals surface area contributed by atoms with Crippen molar-refractivity contribution in [3.63, 3.8) is 0 Å². The molecule has 2 aromatic heterocycles. The summed E-state index contributed by atoms with van der Waals surface area (Å²) in [7, 11) is 0. The Bertz CT molecular complexity index is 587. The number of hydrogen-bond acceptors (Lipinski definition) is 4. The molecule has 0 saturated carbocycles. The zero-order valence-electron chi connectivity index (χ0n) is 10.6. The predicted octanol–water partition coefficient (Wildman–Crippen LogP) is -0.378. The summed E-state index contributed by atoms with van der Waals surface area (Å²) in [5, 5.41) is 13.4. The largest absolute Gasteiger partial charge is 1.00 e. The lowest BCUT2D eigenvalue weighted by Crippen LogP contribution is -3.00. The van der Waals surface area contributed by atoms with Gasteiger partial charge in [-0.05, 0) is 12.1 Å². The highest BCUT2D eigenvalue weighted by atomic mass is 127. The van der Waals surface area contributed by atoms with Gasteiger partial charge in [0, 0.05) is 17.8 Å². The number of anilines is 2. The second-order valence-corrected chi connectivity index (χ2v) is 5.10. The summed E-state index contributed by atoms with van der Waals surface area (Å²) < 4.78 is 2.08. The number of nitrogens with one attached hydrogen (secondary N) is 1. The average Bonchev–Trinajstić information content (AvgIpc) is 2.88. The van der Waals surface area contributed by atoms with Gasteiger partial charge in [-0.25, -0.2) is 0 Å². The molecular weight excluding hydrogens is 383 g/mol. The summed E-state index contributed by atoms with van der Waals surface area (Å²) in [6.07, 6.45) is 4.04. The molecule has 0 aliphatic rings. The Balaban J connectivity index is 0.00000147. The van der Waals surface area contributed by atoms with Crippen molar-refractivity contribution in [1.82, 2.24) is 10.2 Å². The topological polar surface area (TPSA) is 41.7 Å². The lowest BCUT2D eigenvalue weighted by molar-refractivity contribution is -0.688. The Labute approximate surface area is 138 Å². The number of pyridine rings is 1. The highest BCUT2D eigenvalue weighted by molar-refractivity contribution is 7.15. The maximum absolute atomic E-state index is 4.19. The molecule has 0 bridgehead atoms. The average molecular weight is 396 g/mol. The van der Waals surface area contributed by atoms with E-state index >= 15 is 0 Å². The van der Waals surface area contributed by atoms with E-state index in [1.54, 1.807) is 11.3 Å². The molecule has 0 amide bonds. The SMILES string of the molecule is [I-].c1ccc(Nc2nnc(C[n+]3ccccc3)s2)cc1. The Morgan fingerprint density at radius 3 is 2.40 bits per heavy atom. The maximum atomic E-state index is 4.19. The second kappa shape index (κ2) is 7.30. The van der Waals surface area contributed by atoms with Crippen molar-refractivity contribution in [1.29, 1.82) is 0 Å². The molecule has 3 aromatic rings. The van der Waals surface area contributed by atoms with Crippen LogP contribution in [0.4, 0.5) is 10.8 Å². The predicted molar refractivity (Wildman–Crippen MR) is 75.4 cm³/mol. The van der Waals surface area contributed by atoms with Gasteiger partial charge in [0.2, 0.25) is 11.7 Å². The molecule has 6 heteroatoms. The first-order valence-corrected chi connectivity index (χ1v) is 6.80. The summed E-state index contributed by atoms with van der Waals surface area (Å²) in [5.74, 6) is 0. The quantitative estimate of drug-likeness (QED) is 0.483. The normalized spacial score (nSPS) is 9.80. The first kappa shape index (κ1) is 14.9. The lowest BCUT2D eigenvalue weighted by Gasteiger charge is -1.99. The molecule has 0 aliphatic heterocycles. The van der Waals surface area contributed by atoms with Gasteiger partial charge in [0.25, 0.3) is 0 Å². The minimum absolute atomic E-state index is 0. The van der Waals surface area contributed by atoms with E-state index in [2.05, 4.69) is 20.1 Å². The van der Waals surface area contributed by atoms with Crippen LogP contribution in [0.3, 0.4) is 0 Å². The van der Waals surface area contributed by atoms with E-state index in [-0.39, 0.29) is 24.0 Å². The second-order valence-electron chi connectivity index (χ2n) is 4.04.